The van der Waals surface area contributed by atoms with E-state index >= 15 is 0 Å². The fourth-order valence-electron chi connectivity index (χ4n) is 4.51. The standard InChI is InChI=1S/C30H24N4O/c1-19-4-9-24(16-20(19)2)34-30-26-17-25(35-3)10-11-28(26)32-18-27(30)29(33-34)23-7-5-21(6-8-23)22-12-14-31-15-13-22/h4-18H,1-3H3. The third-order valence-corrected chi connectivity index (χ3v) is 6.62. The Hall–Kier alpha value is -4.51. The molecule has 0 amide bonds. The van der Waals surface area contributed by atoms with Crippen LogP contribution < -0.4 is 4.74 Å². The lowest BCUT2D eigenvalue weighted by Crippen LogP contribution is -1.99. The maximum absolute atomic E-state index is 5.54. The highest BCUT2D eigenvalue weighted by molar-refractivity contribution is 6.09. The number of hydrogen-bond acceptors (Lipinski definition) is 4. The van der Waals surface area contributed by atoms with Crippen molar-refractivity contribution in [2.75, 3.05) is 7.11 Å². The van der Waals surface area contributed by atoms with Gasteiger partial charge in [-0.3, -0.25) is 9.97 Å². The van der Waals surface area contributed by atoms with E-state index in [1.165, 1.54) is 11.1 Å². The van der Waals surface area contributed by atoms with Crippen LogP contribution in [-0.4, -0.2) is 26.9 Å². The number of aromatic nitrogens is 4. The van der Waals surface area contributed by atoms with Gasteiger partial charge in [-0.15, -0.1) is 0 Å². The van der Waals surface area contributed by atoms with E-state index in [0.717, 1.165) is 55.6 Å². The molecule has 0 aliphatic carbocycles. The number of rotatable bonds is 4. The average molecular weight is 457 g/mol. The molecule has 6 aromatic rings. The number of ether oxygens (including phenoxy) is 1. The zero-order valence-corrected chi connectivity index (χ0v) is 19.9. The lowest BCUT2D eigenvalue weighted by Gasteiger charge is -2.09. The second kappa shape index (κ2) is 8.37. The second-order valence-corrected chi connectivity index (χ2v) is 8.75. The van der Waals surface area contributed by atoms with Gasteiger partial charge in [-0.25, -0.2) is 4.68 Å². The van der Waals surface area contributed by atoms with Crippen molar-refractivity contribution in [3.8, 4) is 33.8 Å². The Morgan fingerprint density at radius 3 is 2.20 bits per heavy atom. The van der Waals surface area contributed by atoms with Crippen molar-refractivity contribution in [3.05, 3.63) is 103 Å². The van der Waals surface area contributed by atoms with E-state index < -0.39 is 0 Å². The van der Waals surface area contributed by atoms with Crippen LogP contribution in [0.15, 0.2) is 91.4 Å². The number of hydrogen-bond donors (Lipinski definition) is 0. The van der Waals surface area contributed by atoms with Crippen LogP contribution in [0.4, 0.5) is 0 Å². The largest absolute Gasteiger partial charge is 0.497 e. The van der Waals surface area contributed by atoms with Gasteiger partial charge in [-0.2, -0.15) is 5.10 Å². The van der Waals surface area contributed by atoms with Crippen molar-refractivity contribution in [1.82, 2.24) is 19.7 Å². The first kappa shape index (κ1) is 21.1. The summed E-state index contributed by atoms with van der Waals surface area (Å²) in [5, 5.41) is 7.14. The van der Waals surface area contributed by atoms with E-state index in [-0.39, 0.29) is 0 Å². The van der Waals surface area contributed by atoms with Crippen LogP contribution >= 0.6 is 0 Å². The molecule has 0 fully saturated rings. The van der Waals surface area contributed by atoms with Crippen molar-refractivity contribution in [2.24, 2.45) is 0 Å². The molecule has 0 spiro atoms. The highest BCUT2D eigenvalue weighted by Crippen LogP contribution is 2.36. The van der Waals surface area contributed by atoms with Crippen molar-refractivity contribution in [3.63, 3.8) is 0 Å². The van der Waals surface area contributed by atoms with Crippen molar-refractivity contribution in [1.29, 1.82) is 0 Å². The third-order valence-electron chi connectivity index (χ3n) is 6.62. The van der Waals surface area contributed by atoms with E-state index in [1.54, 1.807) is 7.11 Å². The Morgan fingerprint density at radius 1 is 0.714 bits per heavy atom. The van der Waals surface area contributed by atoms with E-state index in [0.29, 0.717) is 0 Å². The maximum Gasteiger partial charge on any atom is 0.119 e. The molecule has 0 radical (unpaired) electrons. The first-order valence-electron chi connectivity index (χ1n) is 11.6. The van der Waals surface area contributed by atoms with E-state index in [4.69, 9.17) is 14.8 Å². The molecule has 3 aromatic heterocycles. The van der Waals surface area contributed by atoms with Gasteiger partial charge >= 0.3 is 0 Å². The SMILES string of the molecule is COc1ccc2ncc3c(-c4ccc(-c5ccncc5)cc4)nn(-c4ccc(C)c(C)c4)c3c2c1. The minimum Gasteiger partial charge on any atom is -0.497 e. The topological polar surface area (TPSA) is 52.8 Å². The average Bonchev–Trinajstić information content (AvgIpc) is 3.31. The zero-order chi connectivity index (χ0) is 23.9. The van der Waals surface area contributed by atoms with Crippen LogP contribution in [0.5, 0.6) is 5.75 Å². The molecule has 5 heteroatoms. The van der Waals surface area contributed by atoms with Crippen LogP contribution in [0.25, 0.3) is 49.9 Å². The Bertz CT molecular complexity index is 1690. The van der Waals surface area contributed by atoms with Crippen molar-refractivity contribution < 1.29 is 4.74 Å². The molecule has 0 saturated heterocycles. The van der Waals surface area contributed by atoms with Gasteiger partial charge in [-0.05, 0) is 78.6 Å². The highest BCUT2D eigenvalue weighted by atomic mass is 16.5. The van der Waals surface area contributed by atoms with Gasteiger partial charge in [0.05, 0.1) is 23.8 Å². The Labute approximate surface area is 203 Å². The number of benzene rings is 3. The molecule has 35 heavy (non-hydrogen) atoms. The van der Waals surface area contributed by atoms with Gasteiger partial charge in [-0.1, -0.05) is 30.3 Å². The molecular weight excluding hydrogens is 432 g/mol. The molecule has 0 saturated carbocycles. The zero-order valence-electron chi connectivity index (χ0n) is 19.9. The van der Waals surface area contributed by atoms with Gasteiger partial charge in [0, 0.05) is 34.9 Å². The molecule has 3 aromatic carbocycles. The third kappa shape index (κ3) is 3.62. The van der Waals surface area contributed by atoms with Gasteiger partial charge in [0.25, 0.3) is 0 Å². The van der Waals surface area contributed by atoms with E-state index in [1.807, 2.05) is 53.6 Å². The summed E-state index contributed by atoms with van der Waals surface area (Å²) in [6.07, 6.45) is 5.56. The molecule has 0 unspecified atom stereocenters. The molecule has 6 rings (SSSR count). The Kier molecular flexibility index (Phi) is 5.03. The predicted octanol–water partition coefficient (Wildman–Crippen LogP) is 6.93. The van der Waals surface area contributed by atoms with E-state index in [2.05, 4.69) is 61.3 Å². The summed E-state index contributed by atoms with van der Waals surface area (Å²) in [4.78, 5) is 8.88. The second-order valence-electron chi connectivity index (χ2n) is 8.75. The minimum absolute atomic E-state index is 0.794. The maximum atomic E-state index is 5.54. The van der Waals surface area contributed by atoms with Gasteiger partial charge < -0.3 is 4.74 Å². The van der Waals surface area contributed by atoms with Crippen LogP contribution in [0, 0.1) is 13.8 Å². The molecular formula is C30H24N4O. The van der Waals surface area contributed by atoms with Crippen molar-refractivity contribution >= 4 is 21.8 Å². The number of methoxy groups -OCH3 is 1. The molecule has 5 nitrogen and oxygen atoms in total. The van der Waals surface area contributed by atoms with Crippen LogP contribution in [-0.2, 0) is 0 Å². The van der Waals surface area contributed by atoms with Crippen LogP contribution in [0.2, 0.25) is 0 Å². The Morgan fingerprint density at radius 2 is 1.46 bits per heavy atom. The quantitative estimate of drug-likeness (QED) is 0.289. The summed E-state index contributed by atoms with van der Waals surface area (Å²) < 4.78 is 7.58. The monoisotopic (exact) mass is 456 g/mol. The Balaban J connectivity index is 1.60. The number of fused-ring (bicyclic) bond motifs is 3. The van der Waals surface area contributed by atoms with Gasteiger partial charge in [0.15, 0.2) is 0 Å². The number of aryl methyl sites for hydroxylation is 2. The van der Waals surface area contributed by atoms with E-state index in [9.17, 15) is 0 Å². The molecule has 170 valence electrons. The fraction of sp³-hybridized carbons (Fsp3) is 0.100. The van der Waals surface area contributed by atoms with Crippen molar-refractivity contribution in [2.45, 2.75) is 13.8 Å². The molecule has 0 aliphatic rings. The number of pyridine rings is 2. The smallest absolute Gasteiger partial charge is 0.119 e. The summed E-state index contributed by atoms with van der Waals surface area (Å²) in [6.45, 7) is 4.26. The first-order valence-corrected chi connectivity index (χ1v) is 11.6. The molecule has 3 heterocycles. The highest BCUT2D eigenvalue weighted by Gasteiger charge is 2.18. The normalized spacial score (nSPS) is 11.3. The molecule has 0 N–H and O–H groups in total. The minimum atomic E-state index is 0.794. The first-order chi connectivity index (χ1) is 17.1. The summed E-state index contributed by atoms with van der Waals surface area (Å²) in [5.41, 5.74) is 9.65. The van der Waals surface area contributed by atoms with Crippen LogP contribution in [0.3, 0.4) is 0 Å². The number of nitrogens with zero attached hydrogens (tertiary/aromatic N) is 4. The summed E-state index contributed by atoms with van der Waals surface area (Å²) in [7, 11) is 1.69. The predicted molar refractivity (Wildman–Crippen MR) is 141 cm³/mol. The lowest BCUT2D eigenvalue weighted by molar-refractivity contribution is 0.415. The van der Waals surface area contributed by atoms with Crippen LogP contribution in [0.1, 0.15) is 11.1 Å². The summed E-state index contributed by atoms with van der Waals surface area (Å²) in [6, 6.07) is 25.0. The van der Waals surface area contributed by atoms with Gasteiger partial charge in [0.1, 0.15) is 11.4 Å². The molecule has 0 atom stereocenters. The molecule has 0 bridgehead atoms. The summed E-state index contributed by atoms with van der Waals surface area (Å²) in [5.74, 6) is 0.794. The lowest BCUT2D eigenvalue weighted by atomic mass is 10.0. The fourth-order valence-corrected chi connectivity index (χ4v) is 4.51. The molecule has 0 aliphatic heterocycles. The van der Waals surface area contributed by atoms with Gasteiger partial charge in [0.2, 0.25) is 0 Å². The summed E-state index contributed by atoms with van der Waals surface area (Å²) >= 11 is 0.